The van der Waals surface area contributed by atoms with Gasteiger partial charge in [-0.2, -0.15) is 0 Å². The first-order valence-corrected chi connectivity index (χ1v) is 10.4. The smallest absolute Gasteiger partial charge is 0.239 e. The van der Waals surface area contributed by atoms with E-state index in [0.29, 0.717) is 27.5 Å². The second kappa shape index (κ2) is 9.52. The van der Waals surface area contributed by atoms with Crippen LogP contribution in [0.15, 0.2) is 41.0 Å². The fourth-order valence-corrected chi connectivity index (χ4v) is 3.69. The predicted octanol–water partition coefficient (Wildman–Crippen LogP) is 2.58. The number of methoxy groups -OCH3 is 1. The number of amides is 2. The summed E-state index contributed by atoms with van der Waals surface area (Å²) in [6, 6.07) is 7.06. The number of thioether (sulfide) groups is 1. The highest BCUT2D eigenvalue weighted by atomic mass is 32.2. The van der Waals surface area contributed by atoms with Crippen molar-refractivity contribution in [3.05, 3.63) is 41.7 Å². The number of aromatic nitrogens is 4. The van der Waals surface area contributed by atoms with Crippen molar-refractivity contribution < 1.29 is 14.3 Å². The summed E-state index contributed by atoms with van der Waals surface area (Å²) in [4.78, 5) is 28.6. The van der Waals surface area contributed by atoms with Gasteiger partial charge in [-0.15, -0.1) is 21.5 Å². The lowest BCUT2D eigenvalue weighted by atomic mass is 10.3. The Hall–Kier alpha value is -2.92. The van der Waals surface area contributed by atoms with E-state index in [4.69, 9.17) is 4.74 Å². The number of carbonyl (C=O) groups excluding carboxylic acids is 2. The number of anilines is 2. The summed E-state index contributed by atoms with van der Waals surface area (Å²) in [6.07, 6.45) is 1.69. The summed E-state index contributed by atoms with van der Waals surface area (Å²) in [6.45, 7) is 1.78. The molecule has 0 aliphatic heterocycles. The van der Waals surface area contributed by atoms with Crippen molar-refractivity contribution in [3.63, 3.8) is 0 Å². The van der Waals surface area contributed by atoms with Crippen molar-refractivity contribution in [3.8, 4) is 5.75 Å². The Morgan fingerprint density at radius 3 is 2.66 bits per heavy atom. The van der Waals surface area contributed by atoms with Crippen molar-refractivity contribution in [2.75, 3.05) is 17.7 Å². The molecule has 11 heteroatoms. The van der Waals surface area contributed by atoms with Gasteiger partial charge in [0.1, 0.15) is 11.6 Å². The van der Waals surface area contributed by atoms with Gasteiger partial charge in [0.05, 0.1) is 18.8 Å². The van der Waals surface area contributed by atoms with Gasteiger partial charge in [-0.25, -0.2) is 4.98 Å². The summed E-state index contributed by atoms with van der Waals surface area (Å²) in [5, 5.41) is 16.2. The molecule has 2 aromatic heterocycles. The first-order chi connectivity index (χ1) is 14.0. The van der Waals surface area contributed by atoms with Crippen LogP contribution < -0.4 is 15.4 Å². The number of carbonyl (C=O) groups is 2. The van der Waals surface area contributed by atoms with Crippen molar-refractivity contribution in [2.45, 2.75) is 23.8 Å². The van der Waals surface area contributed by atoms with Crippen LogP contribution in [0.5, 0.6) is 5.75 Å². The van der Waals surface area contributed by atoms with Crippen LogP contribution in [-0.2, 0) is 23.1 Å². The molecule has 0 saturated heterocycles. The Kier molecular flexibility index (Phi) is 6.83. The second-order valence-corrected chi connectivity index (χ2v) is 8.20. The zero-order valence-corrected chi connectivity index (χ0v) is 17.7. The van der Waals surface area contributed by atoms with Crippen LogP contribution in [0.25, 0.3) is 0 Å². The number of ether oxygens (including phenoxy) is 1. The number of nitrogens with zero attached hydrogens (tertiary/aromatic N) is 4. The van der Waals surface area contributed by atoms with E-state index in [-0.39, 0.29) is 18.2 Å². The van der Waals surface area contributed by atoms with Gasteiger partial charge in [0.2, 0.25) is 11.8 Å². The van der Waals surface area contributed by atoms with E-state index in [1.54, 1.807) is 61.5 Å². The Labute approximate surface area is 175 Å². The summed E-state index contributed by atoms with van der Waals surface area (Å²) in [5.41, 5.74) is 0.667. The Bertz CT molecular complexity index is 972. The van der Waals surface area contributed by atoms with Gasteiger partial charge in [0.15, 0.2) is 10.3 Å². The molecule has 0 aliphatic rings. The lowest BCUT2D eigenvalue weighted by Gasteiger charge is -2.10. The monoisotopic (exact) mass is 432 g/mol. The van der Waals surface area contributed by atoms with Gasteiger partial charge in [-0.1, -0.05) is 11.8 Å². The maximum absolute atomic E-state index is 12.3. The molecule has 0 saturated carbocycles. The summed E-state index contributed by atoms with van der Waals surface area (Å²) < 4.78 is 6.81. The highest BCUT2D eigenvalue weighted by molar-refractivity contribution is 8.00. The topological polar surface area (TPSA) is 111 Å². The zero-order valence-electron chi connectivity index (χ0n) is 16.1. The molecule has 0 spiro atoms. The van der Waals surface area contributed by atoms with E-state index < -0.39 is 5.25 Å². The fourth-order valence-electron chi connectivity index (χ4n) is 2.33. The normalized spacial score (nSPS) is 11.7. The van der Waals surface area contributed by atoms with Gasteiger partial charge < -0.3 is 19.9 Å². The summed E-state index contributed by atoms with van der Waals surface area (Å²) in [7, 11) is 3.35. The van der Waals surface area contributed by atoms with E-state index in [1.807, 2.05) is 0 Å². The lowest BCUT2D eigenvalue weighted by molar-refractivity contribution is -0.116. The third-order valence-electron chi connectivity index (χ3n) is 3.93. The molecule has 1 unspecified atom stereocenters. The highest BCUT2D eigenvalue weighted by Crippen LogP contribution is 2.23. The van der Waals surface area contributed by atoms with Gasteiger partial charge in [0.25, 0.3) is 0 Å². The predicted molar refractivity (Wildman–Crippen MR) is 112 cm³/mol. The minimum atomic E-state index is -0.400. The van der Waals surface area contributed by atoms with Crippen LogP contribution in [0.4, 0.5) is 10.8 Å². The van der Waals surface area contributed by atoms with E-state index in [2.05, 4.69) is 25.8 Å². The maximum atomic E-state index is 12.3. The van der Waals surface area contributed by atoms with Gasteiger partial charge >= 0.3 is 0 Å². The minimum absolute atomic E-state index is 0.0653. The number of nitrogens with one attached hydrogen (secondary N) is 2. The van der Waals surface area contributed by atoms with Crippen LogP contribution in [-0.4, -0.2) is 43.9 Å². The fraction of sp³-hybridized carbons (Fsp3) is 0.278. The molecule has 2 N–H and O–H groups in total. The number of thiazole rings is 1. The van der Waals surface area contributed by atoms with Crippen molar-refractivity contribution in [2.24, 2.45) is 7.05 Å². The van der Waals surface area contributed by atoms with E-state index in [0.717, 1.165) is 0 Å². The molecule has 0 aliphatic carbocycles. The highest BCUT2D eigenvalue weighted by Gasteiger charge is 2.20. The molecule has 152 valence electrons. The maximum Gasteiger partial charge on any atom is 0.239 e. The minimum Gasteiger partial charge on any atom is -0.497 e. The Morgan fingerprint density at radius 1 is 1.24 bits per heavy atom. The summed E-state index contributed by atoms with van der Waals surface area (Å²) in [5.74, 6) is 0.834. The average molecular weight is 433 g/mol. The molecular formula is C18H20N6O3S2. The van der Waals surface area contributed by atoms with Crippen LogP contribution in [0, 0.1) is 0 Å². The van der Waals surface area contributed by atoms with Crippen molar-refractivity contribution in [1.29, 1.82) is 0 Å². The van der Waals surface area contributed by atoms with E-state index in [1.165, 1.54) is 23.1 Å². The molecule has 3 aromatic rings. The molecule has 0 radical (unpaired) electrons. The van der Waals surface area contributed by atoms with Crippen molar-refractivity contribution in [1.82, 2.24) is 19.7 Å². The molecule has 9 nitrogen and oxygen atoms in total. The first-order valence-electron chi connectivity index (χ1n) is 8.65. The van der Waals surface area contributed by atoms with Gasteiger partial charge in [0, 0.05) is 24.3 Å². The SMILES string of the molecule is COc1ccc(NC(=O)Cc2nnc(SC(C)C(=O)Nc3nccs3)n2C)cc1. The van der Waals surface area contributed by atoms with Crippen LogP contribution >= 0.6 is 23.1 Å². The van der Waals surface area contributed by atoms with Crippen LogP contribution in [0.3, 0.4) is 0 Å². The van der Waals surface area contributed by atoms with Crippen LogP contribution in [0.2, 0.25) is 0 Å². The third kappa shape index (κ3) is 5.55. The first kappa shape index (κ1) is 20.8. The lowest BCUT2D eigenvalue weighted by Crippen LogP contribution is -2.22. The van der Waals surface area contributed by atoms with Gasteiger partial charge in [-0.3, -0.25) is 9.59 Å². The Balaban J connectivity index is 1.56. The molecule has 0 bridgehead atoms. The molecule has 2 amide bonds. The van der Waals surface area contributed by atoms with Gasteiger partial charge in [-0.05, 0) is 31.2 Å². The Morgan fingerprint density at radius 2 is 2.00 bits per heavy atom. The zero-order chi connectivity index (χ0) is 20.8. The van der Waals surface area contributed by atoms with E-state index >= 15 is 0 Å². The third-order valence-corrected chi connectivity index (χ3v) is 5.75. The molecule has 2 heterocycles. The molecule has 29 heavy (non-hydrogen) atoms. The standard InChI is InChI=1S/C18H20N6O3S2/c1-11(16(26)21-17-19-8-9-28-17)29-18-23-22-14(24(18)2)10-15(25)20-12-4-6-13(27-3)7-5-12/h4-9,11H,10H2,1-3H3,(H,20,25)(H,19,21,26). The number of rotatable bonds is 8. The molecule has 1 aromatic carbocycles. The average Bonchev–Trinajstić information content (AvgIpc) is 3.33. The van der Waals surface area contributed by atoms with E-state index in [9.17, 15) is 9.59 Å². The van der Waals surface area contributed by atoms with Crippen molar-refractivity contribution >= 4 is 45.7 Å². The number of hydrogen-bond donors (Lipinski definition) is 2. The molecular weight excluding hydrogens is 412 g/mol. The molecule has 3 rings (SSSR count). The van der Waals surface area contributed by atoms with Crippen LogP contribution in [0.1, 0.15) is 12.7 Å². The largest absolute Gasteiger partial charge is 0.497 e. The molecule has 1 atom stereocenters. The quantitative estimate of drug-likeness (QED) is 0.526. The number of benzene rings is 1. The molecule has 0 fully saturated rings. The second-order valence-electron chi connectivity index (χ2n) is 6.00. The summed E-state index contributed by atoms with van der Waals surface area (Å²) >= 11 is 2.62. The number of hydrogen-bond acceptors (Lipinski definition) is 8.